The lowest BCUT2D eigenvalue weighted by atomic mass is 10.0. The van der Waals surface area contributed by atoms with Gasteiger partial charge in [-0.1, -0.05) is 0 Å². The first-order valence-electron chi connectivity index (χ1n) is 3.49. The fourth-order valence-corrected chi connectivity index (χ4v) is 1.79. The average Bonchev–Trinajstić information content (AvgIpc) is 2.17. The van der Waals surface area contributed by atoms with Gasteiger partial charge in [-0.2, -0.15) is 5.26 Å². The molecule has 0 atom stereocenters. The Morgan fingerprint density at radius 1 is 1.57 bits per heavy atom. The molecule has 0 aliphatic carbocycles. The molecule has 0 unspecified atom stereocenters. The molecule has 3 nitrogen and oxygen atoms in total. The van der Waals surface area contributed by atoms with Gasteiger partial charge in [0.25, 0.3) is 5.24 Å². The lowest BCUT2D eigenvalue weighted by Gasteiger charge is -2.03. The van der Waals surface area contributed by atoms with Crippen LogP contribution >= 0.6 is 34.2 Å². The Balaban J connectivity index is 3.62. The average molecular weight is 319 g/mol. The summed E-state index contributed by atoms with van der Waals surface area (Å²) in [6.45, 7) is 0. The monoisotopic (exact) mass is 319 g/mol. The number of halogens is 2. The summed E-state index contributed by atoms with van der Waals surface area (Å²) in [6.07, 6.45) is 0.526. The molecular weight excluding hydrogens is 316 g/mol. The van der Waals surface area contributed by atoms with E-state index in [4.69, 9.17) is 16.9 Å². The number of aldehydes is 1. The number of nitriles is 1. The first-order chi connectivity index (χ1) is 6.61. The molecule has 0 N–H and O–H groups in total. The van der Waals surface area contributed by atoms with Crippen LogP contribution in [0.4, 0.5) is 0 Å². The molecule has 0 spiro atoms. The Kier molecular flexibility index (Phi) is 3.61. The molecule has 0 amide bonds. The van der Waals surface area contributed by atoms with Gasteiger partial charge in [0.2, 0.25) is 0 Å². The van der Waals surface area contributed by atoms with Crippen LogP contribution in [0.3, 0.4) is 0 Å². The standard InChI is InChI=1S/C9H3ClINO2/c10-9(14)8-5(3-12)1-2-7(11)6(8)4-13/h1-2,4H. The van der Waals surface area contributed by atoms with Gasteiger partial charge in [0, 0.05) is 9.13 Å². The Morgan fingerprint density at radius 3 is 2.64 bits per heavy atom. The zero-order chi connectivity index (χ0) is 10.7. The van der Waals surface area contributed by atoms with Crippen molar-refractivity contribution >= 4 is 45.7 Å². The molecule has 0 aliphatic rings. The number of benzene rings is 1. The lowest BCUT2D eigenvalue weighted by Crippen LogP contribution is -2.02. The van der Waals surface area contributed by atoms with Gasteiger partial charge in [0.05, 0.1) is 17.2 Å². The molecule has 1 rings (SSSR count). The second-order valence-electron chi connectivity index (χ2n) is 2.39. The summed E-state index contributed by atoms with van der Waals surface area (Å²) in [6, 6.07) is 4.86. The van der Waals surface area contributed by atoms with E-state index in [0.29, 0.717) is 9.86 Å². The third kappa shape index (κ3) is 1.94. The van der Waals surface area contributed by atoms with Crippen molar-refractivity contribution in [3.8, 4) is 6.07 Å². The van der Waals surface area contributed by atoms with Crippen molar-refractivity contribution in [3.05, 3.63) is 32.4 Å². The number of hydrogen-bond acceptors (Lipinski definition) is 3. The maximum atomic E-state index is 11.0. The Morgan fingerprint density at radius 2 is 2.21 bits per heavy atom. The molecule has 0 saturated carbocycles. The van der Waals surface area contributed by atoms with Crippen molar-refractivity contribution in [2.75, 3.05) is 0 Å². The molecule has 0 bridgehead atoms. The van der Waals surface area contributed by atoms with Gasteiger partial charge in [-0.25, -0.2) is 0 Å². The number of rotatable bonds is 2. The van der Waals surface area contributed by atoms with Gasteiger partial charge in [0.1, 0.15) is 0 Å². The van der Waals surface area contributed by atoms with E-state index in [-0.39, 0.29) is 16.7 Å². The zero-order valence-corrected chi connectivity index (χ0v) is 9.67. The molecule has 0 fully saturated rings. The second-order valence-corrected chi connectivity index (χ2v) is 3.89. The minimum atomic E-state index is -0.790. The van der Waals surface area contributed by atoms with E-state index in [0.717, 1.165) is 0 Å². The molecule has 1 aromatic rings. The van der Waals surface area contributed by atoms with Crippen LogP contribution in [0.2, 0.25) is 0 Å². The topological polar surface area (TPSA) is 57.9 Å². The number of hydrogen-bond donors (Lipinski definition) is 0. The van der Waals surface area contributed by atoms with Gasteiger partial charge in [-0.05, 0) is 46.3 Å². The van der Waals surface area contributed by atoms with Crippen molar-refractivity contribution in [3.63, 3.8) is 0 Å². The SMILES string of the molecule is N#Cc1ccc(I)c(C=O)c1C(=O)Cl. The molecule has 0 heterocycles. The normalized spacial score (nSPS) is 9.21. The summed E-state index contributed by atoms with van der Waals surface area (Å²) >= 11 is 7.19. The molecule has 0 aliphatic heterocycles. The van der Waals surface area contributed by atoms with E-state index in [1.54, 1.807) is 6.07 Å². The third-order valence-electron chi connectivity index (χ3n) is 1.63. The Labute approximate surface area is 98.8 Å². The highest BCUT2D eigenvalue weighted by atomic mass is 127. The van der Waals surface area contributed by atoms with Gasteiger partial charge < -0.3 is 0 Å². The summed E-state index contributed by atoms with van der Waals surface area (Å²) in [5.41, 5.74) is 0.272. The molecule has 0 saturated heterocycles. The number of carbonyl (C=O) groups excluding carboxylic acids is 2. The first kappa shape index (κ1) is 11.1. The highest BCUT2D eigenvalue weighted by molar-refractivity contribution is 14.1. The first-order valence-corrected chi connectivity index (χ1v) is 4.95. The Hall–Kier alpha value is -0.930. The van der Waals surface area contributed by atoms with Gasteiger partial charge in [-0.3, -0.25) is 9.59 Å². The van der Waals surface area contributed by atoms with Crippen LogP contribution in [0, 0.1) is 14.9 Å². The van der Waals surface area contributed by atoms with Crippen molar-refractivity contribution in [1.82, 2.24) is 0 Å². The van der Waals surface area contributed by atoms with Crippen molar-refractivity contribution in [2.45, 2.75) is 0 Å². The zero-order valence-electron chi connectivity index (χ0n) is 6.75. The molecule has 0 aromatic heterocycles. The third-order valence-corrected chi connectivity index (χ3v) is 2.76. The minimum Gasteiger partial charge on any atom is -0.298 e. The quantitative estimate of drug-likeness (QED) is 0.478. The van der Waals surface area contributed by atoms with Crippen LogP contribution < -0.4 is 0 Å². The van der Waals surface area contributed by atoms with Crippen LogP contribution in [0.15, 0.2) is 12.1 Å². The van der Waals surface area contributed by atoms with Gasteiger partial charge in [-0.15, -0.1) is 0 Å². The van der Waals surface area contributed by atoms with Crippen LogP contribution in [0.5, 0.6) is 0 Å². The largest absolute Gasteiger partial charge is 0.298 e. The van der Waals surface area contributed by atoms with E-state index < -0.39 is 5.24 Å². The smallest absolute Gasteiger partial charge is 0.254 e. The molecule has 5 heteroatoms. The molecule has 1 aromatic carbocycles. The summed E-state index contributed by atoms with van der Waals surface area (Å²) in [5, 5.41) is 7.91. The maximum absolute atomic E-state index is 11.0. The van der Waals surface area contributed by atoms with Gasteiger partial charge >= 0.3 is 0 Å². The second kappa shape index (κ2) is 4.53. The van der Waals surface area contributed by atoms with E-state index in [1.165, 1.54) is 6.07 Å². The van der Waals surface area contributed by atoms with Crippen LogP contribution in [0.25, 0.3) is 0 Å². The van der Waals surface area contributed by atoms with Crippen molar-refractivity contribution in [1.29, 1.82) is 5.26 Å². The van der Waals surface area contributed by atoms with Crippen molar-refractivity contribution < 1.29 is 9.59 Å². The fraction of sp³-hybridized carbons (Fsp3) is 0. The van der Waals surface area contributed by atoms with Crippen LogP contribution in [-0.4, -0.2) is 11.5 Å². The van der Waals surface area contributed by atoms with E-state index >= 15 is 0 Å². The van der Waals surface area contributed by atoms with E-state index in [2.05, 4.69) is 0 Å². The molecule has 14 heavy (non-hydrogen) atoms. The molecular formula is C9H3ClINO2. The molecule has 0 radical (unpaired) electrons. The Bertz CT molecular complexity index is 451. The summed E-state index contributed by atoms with van der Waals surface area (Å²) in [5.74, 6) is 0. The highest BCUT2D eigenvalue weighted by Gasteiger charge is 2.16. The number of carbonyl (C=O) groups is 2. The predicted molar refractivity (Wildman–Crippen MR) is 59.4 cm³/mol. The highest BCUT2D eigenvalue weighted by Crippen LogP contribution is 2.20. The summed E-state index contributed by atoms with van der Waals surface area (Å²) in [4.78, 5) is 21.7. The van der Waals surface area contributed by atoms with Crippen LogP contribution in [0.1, 0.15) is 26.3 Å². The predicted octanol–water partition coefficient (Wildman–Crippen LogP) is 2.35. The van der Waals surface area contributed by atoms with Crippen LogP contribution in [-0.2, 0) is 0 Å². The minimum absolute atomic E-state index is 0.0175. The fourth-order valence-electron chi connectivity index (χ4n) is 1.01. The summed E-state index contributed by atoms with van der Waals surface area (Å²) < 4.78 is 0.598. The maximum Gasteiger partial charge on any atom is 0.254 e. The van der Waals surface area contributed by atoms with Gasteiger partial charge in [0.15, 0.2) is 6.29 Å². The molecule has 70 valence electrons. The van der Waals surface area contributed by atoms with E-state index in [1.807, 2.05) is 28.7 Å². The number of nitrogens with zero attached hydrogens (tertiary/aromatic N) is 1. The van der Waals surface area contributed by atoms with Crippen molar-refractivity contribution in [2.24, 2.45) is 0 Å². The lowest BCUT2D eigenvalue weighted by molar-refractivity contribution is 0.106. The van der Waals surface area contributed by atoms with E-state index in [9.17, 15) is 9.59 Å². The summed E-state index contributed by atoms with van der Waals surface area (Å²) in [7, 11) is 0.